The van der Waals surface area contributed by atoms with Crippen molar-refractivity contribution in [2.45, 2.75) is 26.3 Å². The molecule has 0 spiro atoms. The number of para-hydroxylation sites is 2. The number of carbonyl (C=O) groups excluding carboxylic acids is 1. The number of nitrogens with one attached hydrogen (secondary N) is 2. The minimum Gasteiger partial charge on any atom is -0.397 e. The lowest BCUT2D eigenvalue weighted by Crippen LogP contribution is -2.19. The minimum absolute atomic E-state index is 0.118. The molecule has 6 nitrogen and oxygen atoms in total. The zero-order valence-electron chi connectivity index (χ0n) is 16.8. The number of nitrogen functional groups attached to an aromatic ring is 1. The van der Waals surface area contributed by atoms with Gasteiger partial charge in [-0.3, -0.25) is 9.36 Å². The van der Waals surface area contributed by atoms with Crippen molar-refractivity contribution >= 4 is 23.4 Å². The maximum absolute atomic E-state index is 12.5. The Bertz CT molecular complexity index is 1200. The van der Waals surface area contributed by atoms with Gasteiger partial charge in [0.2, 0.25) is 0 Å². The summed E-state index contributed by atoms with van der Waals surface area (Å²) in [5.41, 5.74) is 11.3. The summed E-state index contributed by atoms with van der Waals surface area (Å²) >= 11 is 0. The van der Waals surface area contributed by atoms with Crippen molar-refractivity contribution < 1.29 is 4.79 Å². The summed E-state index contributed by atoms with van der Waals surface area (Å²) in [6.45, 7) is 2.46. The van der Waals surface area contributed by atoms with Crippen molar-refractivity contribution in [3.05, 3.63) is 99.3 Å². The van der Waals surface area contributed by atoms with E-state index in [2.05, 4.69) is 22.5 Å². The number of hydrogen-bond acceptors (Lipinski definition) is 3. The summed E-state index contributed by atoms with van der Waals surface area (Å²) in [7, 11) is 0. The van der Waals surface area contributed by atoms with Crippen LogP contribution in [0.2, 0.25) is 0 Å². The first-order valence-corrected chi connectivity index (χ1v) is 9.92. The number of carbonyl (C=O) groups is 1. The number of benzene rings is 2. The molecule has 0 aliphatic heterocycles. The van der Waals surface area contributed by atoms with Crippen LogP contribution in [0.25, 0.3) is 6.08 Å². The number of allylic oxidation sites excluding steroid dienone is 3. The van der Waals surface area contributed by atoms with Gasteiger partial charge in [0.1, 0.15) is 0 Å². The number of aromatic nitrogens is 2. The quantitative estimate of drug-likeness (QED) is 0.579. The molecule has 1 aromatic heterocycles. The van der Waals surface area contributed by atoms with Crippen molar-refractivity contribution in [2.75, 3.05) is 11.1 Å². The Balaban J connectivity index is 1.54. The Morgan fingerprint density at radius 3 is 2.70 bits per heavy atom. The molecule has 6 heteroatoms. The largest absolute Gasteiger partial charge is 0.397 e. The van der Waals surface area contributed by atoms with E-state index in [0.29, 0.717) is 23.5 Å². The molecule has 0 atom stereocenters. The van der Waals surface area contributed by atoms with E-state index in [-0.39, 0.29) is 11.6 Å². The maximum atomic E-state index is 12.5. The van der Waals surface area contributed by atoms with E-state index in [4.69, 9.17) is 5.73 Å². The number of aryl methyl sites for hydroxylation is 1. The molecular formula is C24H24N4O2. The van der Waals surface area contributed by atoms with Gasteiger partial charge >= 0.3 is 5.69 Å². The topological polar surface area (TPSA) is 92.9 Å². The molecule has 0 saturated heterocycles. The third kappa shape index (κ3) is 4.12. The van der Waals surface area contributed by atoms with Crippen molar-refractivity contribution in [1.29, 1.82) is 0 Å². The van der Waals surface area contributed by atoms with Gasteiger partial charge in [0, 0.05) is 11.3 Å². The monoisotopic (exact) mass is 400 g/mol. The molecule has 4 rings (SSSR count). The second kappa shape index (κ2) is 8.29. The number of amides is 1. The molecule has 1 heterocycles. The molecular weight excluding hydrogens is 376 g/mol. The number of anilines is 2. The predicted molar refractivity (Wildman–Crippen MR) is 121 cm³/mol. The van der Waals surface area contributed by atoms with Crippen LogP contribution in [-0.2, 0) is 13.0 Å². The predicted octanol–water partition coefficient (Wildman–Crippen LogP) is 3.96. The number of H-pyrrole nitrogens is 1. The normalized spacial score (nSPS) is 16.0. The van der Waals surface area contributed by atoms with Crippen LogP contribution < -0.4 is 16.7 Å². The Labute approximate surface area is 174 Å². The summed E-state index contributed by atoms with van der Waals surface area (Å²) in [6, 6.07) is 14.4. The maximum Gasteiger partial charge on any atom is 0.326 e. The molecule has 0 fully saturated rings. The molecule has 0 bridgehead atoms. The van der Waals surface area contributed by atoms with Crippen LogP contribution in [0.15, 0.2) is 71.1 Å². The first-order chi connectivity index (χ1) is 14.5. The average molecular weight is 400 g/mol. The van der Waals surface area contributed by atoms with Crippen LogP contribution in [0.4, 0.5) is 11.4 Å². The number of imidazole rings is 1. The van der Waals surface area contributed by atoms with Gasteiger partial charge in [0.25, 0.3) is 5.91 Å². The second-order valence-corrected chi connectivity index (χ2v) is 7.45. The zero-order chi connectivity index (χ0) is 21.1. The van der Waals surface area contributed by atoms with E-state index in [1.54, 1.807) is 28.8 Å². The molecule has 4 N–H and O–H groups in total. The zero-order valence-corrected chi connectivity index (χ0v) is 16.8. The van der Waals surface area contributed by atoms with E-state index in [9.17, 15) is 9.59 Å². The SMILES string of the molecule is CC1=C/c2c([nH]c(=O)n2Cc2ccc(C(=O)Nc3ccccc3N)cc2)CC/C=C\1. The lowest BCUT2D eigenvalue weighted by Gasteiger charge is -2.10. The Hall–Kier alpha value is -3.80. The standard InChI is InChI=1S/C24H24N4O2/c1-16-6-2-4-9-21-22(14-16)28(24(30)27-21)15-17-10-12-18(13-11-17)23(29)26-20-8-5-3-7-19(20)25/h2-3,5-8,10-14H,4,9,15,25H2,1H3,(H,26,29)(H,27,30)/b6-2-,16-14-. The van der Waals surface area contributed by atoms with Gasteiger partial charge in [0.15, 0.2) is 0 Å². The highest BCUT2D eigenvalue weighted by molar-refractivity contribution is 6.05. The highest BCUT2D eigenvalue weighted by atomic mass is 16.2. The smallest absolute Gasteiger partial charge is 0.326 e. The molecule has 0 saturated carbocycles. The van der Waals surface area contributed by atoms with Gasteiger partial charge in [-0.15, -0.1) is 0 Å². The van der Waals surface area contributed by atoms with Crippen molar-refractivity contribution in [3.8, 4) is 0 Å². The lowest BCUT2D eigenvalue weighted by atomic mass is 10.1. The van der Waals surface area contributed by atoms with Crippen LogP contribution in [0, 0.1) is 0 Å². The molecule has 1 aliphatic rings. The lowest BCUT2D eigenvalue weighted by molar-refractivity contribution is 0.102. The van der Waals surface area contributed by atoms with E-state index in [1.165, 1.54) is 0 Å². The Morgan fingerprint density at radius 1 is 1.17 bits per heavy atom. The number of hydrogen-bond donors (Lipinski definition) is 3. The third-order valence-corrected chi connectivity index (χ3v) is 5.17. The van der Waals surface area contributed by atoms with E-state index < -0.39 is 0 Å². The minimum atomic E-state index is -0.228. The molecule has 1 amide bonds. The van der Waals surface area contributed by atoms with E-state index in [0.717, 1.165) is 35.4 Å². The molecule has 3 aromatic rings. The fourth-order valence-corrected chi connectivity index (χ4v) is 3.56. The van der Waals surface area contributed by atoms with Gasteiger partial charge in [-0.2, -0.15) is 0 Å². The molecule has 30 heavy (non-hydrogen) atoms. The molecule has 152 valence electrons. The Kier molecular flexibility index (Phi) is 5.39. The van der Waals surface area contributed by atoms with Gasteiger partial charge in [0.05, 0.1) is 23.6 Å². The molecule has 1 aliphatic carbocycles. The van der Waals surface area contributed by atoms with Gasteiger partial charge in [-0.05, 0) is 61.2 Å². The number of aromatic amines is 1. The van der Waals surface area contributed by atoms with Crippen molar-refractivity contribution in [3.63, 3.8) is 0 Å². The number of rotatable bonds is 4. The van der Waals surface area contributed by atoms with Gasteiger partial charge in [-0.1, -0.05) is 36.4 Å². The summed E-state index contributed by atoms with van der Waals surface area (Å²) in [4.78, 5) is 28.0. The number of nitrogens with two attached hydrogens (primary N) is 1. The van der Waals surface area contributed by atoms with Crippen molar-refractivity contribution in [2.24, 2.45) is 0 Å². The molecule has 2 aromatic carbocycles. The highest BCUT2D eigenvalue weighted by Gasteiger charge is 2.14. The fraction of sp³-hybridized carbons (Fsp3) is 0.167. The first kappa shape index (κ1) is 19.5. The van der Waals surface area contributed by atoms with Crippen molar-refractivity contribution in [1.82, 2.24) is 9.55 Å². The molecule has 0 radical (unpaired) electrons. The number of fused-ring (bicyclic) bond motifs is 1. The summed E-state index contributed by atoms with van der Waals surface area (Å²) in [5, 5.41) is 2.82. The van der Waals surface area contributed by atoms with Crippen LogP contribution >= 0.6 is 0 Å². The van der Waals surface area contributed by atoms with E-state index in [1.807, 2.05) is 37.3 Å². The second-order valence-electron chi connectivity index (χ2n) is 7.45. The summed E-state index contributed by atoms with van der Waals surface area (Å²) < 4.78 is 1.75. The summed E-state index contributed by atoms with van der Waals surface area (Å²) in [6.07, 6.45) is 7.94. The summed E-state index contributed by atoms with van der Waals surface area (Å²) in [5.74, 6) is -0.228. The van der Waals surface area contributed by atoms with Crippen LogP contribution in [0.3, 0.4) is 0 Å². The Morgan fingerprint density at radius 2 is 1.93 bits per heavy atom. The van der Waals surface area contributed by atoms with Gasteiger partial charge in [-0.25, -0.2) is 4.79 Å². The highest BCUT2D eigenvalue weighted by Crippen LogP contribution is 2.19. The van der Waals surface area contributed by atoms with Crippen LogP contribution in [0.1, 0.15) is 40.7 Å². The third-order valence-electron chi connectivity index (χ3n) is 5.17. The van der Waals surface area contributed by atoms with Crippen LogP contribution in [-0.4, -0.2) is 15.5 Å². The number of nitrogens with zero attached hydrogens (tertiary/aromatic N) is 1. The van der Waals surface area contributed by atoms with Gasteiger partial charge < -0.3 is 16.0 Å². The van der Waals surface area contributed by atoms with E-state index >= 15 is 0 Å². The fourth-order valence-electron chi connectivity index (χ4n) is 3.56. The first-order valence-electron chi connectivity index (χ1n) is 9.92. The average Bonchev–Trinajstić information content (AvgIpc) is 3.00. The van der Waals surface area contributed by atoms with Crippen LogP contribution in [0.5, 0.6) is 0 Å². The molecule has 0 unspecified atom stereocenters.